The molecule has 2 heterocycles. The zero-order valence-corrected chi connectivity index (χ0v) is 12.5. The summed E-state index contributed by atoms with van der Waals surface area (Å²) in [7, 11) is 0. The van der Waals surface area contributed by atoms with Crippen molar-refractivity contribution in [3.8, 4) is 0 Å². The van der Waals surface area contributed by atoms with Gasteiger partial charge in [-0.25, -0.2) is 4.90 Å². The van der Waals surface area contributed by atoms with Gasteiger partial charge in [0.05, 0.1) is 24.7 Å². The number of hydrogen-bond acceptors (Lipinski definition) is 2. The van der Waals surface area contributed by atoms with Gasteiger partial charge in [0.1, 0.15) is 0 Å². The maximum absolute atomic E-state index is 12.8. The van der Waals surface area contributed by atoms with E-state index in [1.807, 2.05) is 30.3 Å². The number of quaternary nitrogens is 1. The highest BCUT2D eigenvalue weighted by atomic mass is 16.2. The number of nitrogens with zero attached hydrogens (tertiary/aromatic N) is 1. The number of anilines is 1. The molecule has 3 atom stereocenters. The number of piperidine rings is 1. The number of hydrogen-bond donors (Lipinski definition) is 1. The Hall–Kier alpha value is -1.68. The molecule has 1 aromatic carbocycles. The molecule has 2 aliphatic rings. The minimum atomic E-state index is -0.178. The standard InChI is InChI=1S/C17H22N2O2/c1-2-13-8-6-7-11-18(13)15-12-16(20)19(17(15)21)14-9-4-3-5-10-14/h3-5,9-10,13,15H,2,6-8,11-12H2,1H3/p+1/t13-,15+/m0/s1. The molecule has 4 nitrogen and oxygen atoms in total. The summed E-state index contributed by atoms with van der Waals surface area (Å²) in [6.45, 7) is 3.21. The van der Waals surface area contributed by atoms with Gasteiger partial charge >= 0.3 is 0 Å². The number of benzene rings is 1. The van der Waals surface area contributed by atoms with Crippen LogP contribution in [0.1, 0.15) is 39.0 Å². The first-order valence-corrected chi connectivity index (χ1v) is 7.99. The lowest BCUT2D eigenvalue weighted by Gasteiger charge is -2.35. The van der Waals surface area contributed by atoms with E-state index in [0.717, 1.165) is 19.4 Å². The van der Waals surface area contributed by atoms with E-state index in [2.05, 4.69) is 6.92 Å². The van der Waals surface area contributed by atoms with Crippen LogP contribution in [0.5, 0.6) is 0 Å². The van der Waals surface area contributed by atoms with Gasteiger partial charge in [-0.1, -0.05) is 25.1 Å². The molecule has 2 amide bonds. The summed E-state index contributed by atoms with van der Waals surface area (Å²) < 4.78 is 0. The largest absolute Gasteiger partial charge is 0.322 e. The molecule has 2 saturated heterocycles. The van der Waals surface area contributed by atoms with Gasteiger partial charge in [0.15, 0.2) is 6.04 Å². The third-order valence-electron chi connectivity index (χ3n) is 4.89. The highest BCUT2D eigenvalue weighted by molar-refractivity contribution is 6.21. The Balaban J connectivity index is 1.83. The third kappa shape index (κ3) is 2.60. The van der Waals surface area contributed by atoms with E-state index in [-0.39, 0.29) is 17.9 Å². The van der Waals surface area contributed by atoms with Gasteiger partial charge < -0.3 is 4.90 Å². The van der Waals surface area contributed by atoms with Gasteiger partial charge in [0, 0.05) is 0 Å². The van der Waals surface area contributed by atoms with Crippen molar-refractivity contribution in [2.24, 2.45) is 0 Å². The second-order valence-electron chi connectivity index (χ2n) is 6.09. The van der Waals surface area contributed by atoms with E-state index in [1.54, 1.807) is 0 Å². The van der Waals surface area contributed by atoms with Crippen molar-refractivity contribution in [3.05, 3.63) is 30.3 Å². The summed E-state index contributed by atoms with van der Waals surface area (Å²) in [6, 6.07) is 9.65. The van der Waals surface area contributed by atoms with Crippen LogP contribution >= 0.6 is 0 Å². The topological polar surface area (TPSA) is 41.8 Å². The maximum Gasteiger partial charge on any atom is 0.292 e. The number of rotatable bonds is 3. The summed E-state index contributed by atoms with van der Waals surface area (Å²) in [6.07, 6.45) is 5.03. The normalized spacial score (nSPS) is 30.0. The molecule has 1 unspecified atom stereocenters. The summed E-state index contributed by atoms with van der Waals surface area (Å²) >= 11 is 0. The highest BCUT2D eigenvalue weighted by Crippen LogP contribution is 2.22. The van der Waals surface area contributed by atoms with Crippen LogP contribution in [0.15, 0.2) is 30.3 Å². The Morgan fingerprint density at radius 3 is 2.67 bits per heavy atom. The molecule has 0 saturated carbocycles. The molecular formula is C17H23N2O2+. The first kappa shape index (κ1) is 14.3. The molecule has 21 heavy (non-hydrogen) atoms. The molecule has 2 aliphatic heterocycles. The Bertz CT molecular complexity index is 529. The van der Waals surface area contributed by atoms with Crippen LogP contribution in [0.25, 0.3) is 0 Å². The predicted octanol–water partition coefficient (Wildman–Crippen LogP) is 1.17. The summed E-state index contributed by atoms with van der Waals surface area (Å²) in [5, 5.41) is 0. The van der Waals surface area contributed by atoms with E-state index in [9.17, 15) is 9.59 Å². The molecule has 0 bridgehead atoms. The van der Waals surface area contributed by atoms with Crippen molar-refractivity contribution >= 4 is 17.5 Å². The minimum Gasteiger partial charge on any atom is -0.322 e. The Morgan fingerprint density at radius 1 is 1.19 bits per heavy atom. The van der Waals surface area contributed by atoms with Crippen LogP contribution in [-0.4, -0.2) is 30.4 Å². The zero-order valence-electron chi connectivity index (χ0n) is 12.5. The molecule has 3 rings (SSSR count). The van der Waals surface area contributed by atoms with Gasteiger partial charge in [-0.3, -0.25) is 9.59 Å². The summed E-state index contributed by atoms with van der Waals surface area (Å²) in [5.41, 5.74) is 0.708. The van der Waals surface area contributed by atoms with Crippen LogP contribution < -0.4 is 9.80 Å². The number of carbonyl (C=O) groups is 2. The fraction of sp³-hybridized carbons (Fsp3) is 0.529. The van der Waals surface area contributed by atoms with Gasteiger partial charge in [-0.05, 0) is 37.8 Å². The Morgan fingerprint density at radius 2 is 1.95 bits per heavy atom. The minimum absolute atomic E-state index is 0.0125. The molecule has 4 heteroatoms. The van der Waals surface area contributed by atoms with Crippen LogP contribution in [-0.2, 0) is 9.59 Å². The molecule has 0 aromatic heterocycles. The van der Waals surface area contributed by atoms with Crippen molar-refractivity contribution in [2.75, 3.05) is 11.4 Å². The molecule has 0 radical (unpaired) electrons. The Labute approximate surface area is 125 Å². The number of likely N-dealkylation sites (tertiary alicyclic amines) is 1. The van der Waals surface area contributed by atoms with E-state index < -0.39 is 0 Å². The lowest BCUT2D eigenvalue weighted by Crippen LogP contribution is -3.20. The van der Waals surface area contributed by atoms with E-state index >= 15 is 0 Å². The van der Waals surface area contributed by atoms with Gasteiger partial charge in [0.25, 0.3) is 5.91 Å². The molecular weight excluding hydrogens is 264 g/mol. The van der Waals surface area contributed by atoms with Crippen molar-refractivity contribution in [2.45, 2.75) is 51.1 Å². The van der Waals surface area contributed by atoms with Crippen LogP contribution in [0.4, 0.5) is 5.69 Å². The number of carbonyl (C=O) groups excluding carboxylic acids is 2. The van der Waals surface area contributed by atoms with E-state index in [0.29, 0.717) is 18.2 Å². The average Bonchev–Trinajstić information content (AvgIpc) is 2.83. The molecule has 112 valence electrons. The first-order chi connectivity index (χ1) is 10.2. The number of nitrogens with one attached hydrogen (secondary N) is 1. The predicted molar refractivity (Wildman–Crippen MR) is 81.1 cm³/mol. The van der Waals surface area contributed by atoms with Crippen molar-refractivity contribution in [1.29, 1.82) is 0 Å². The smallest absolute Gasteiger partial charge is 0.292 e. The van der Waals surface area contributed by atoms with Crippen molar-refractivity contribution in [1.82, 2.24) is 0 Å². The number of para-hydroxylation sites is 1. The quantitative estimate of drug-likeness (QED) is 0.848. The summed E-state index contributed by atoms with van der Waals surface area (Å²) in [5.74, 6) is -0.0642. The van der Waals surface area contributed by atoms with E-state index in [4.69, 9.17) is 0 Å². The fourth-order valence-electron chi connectivity index (χ4n) is 3.80. The van der Waals surface area contributed by atoms with Crippen LogP contribution in [0.2, 0.25) is 0 Å². The second kappa shape index (κ2) is 5.98. The molecule has 2 fully saturated rings. The van der Waals surface area contributed by atoms with Gasteiger partial charge in [-0.15, -0.1) is 0 Å². The van der Waals surface area contributed by atoms with Gasteiger partial charge in [-0.2, -0.15) is 0 Å². The molecule has 1 aromatic rings. The molecule has 0 aliphatic carbocycles. The number of imide groups is 1. The first-order valence-electron chi connectivity index (χ1n) is 7.99. The highest BCUT2D eigenvalue weighted by Gasteiger charge is 2.47. The summed E-state index contributed by atoms with van der Waals surface area (Å²) in [4.78, 5) is 27.8. The zero-order chi connectivity index (χ0) is 14.8. The van der Waals surface area contributed by atoms with E-state index in [1.165, 1.54) is 22.6 Å². The maximum atomic E-state index is 12.8. The molecule has 1 N–H and O–H groups in total. The van der Waals surface area contributed by atoms with Gasteiger partial charge in [0.2, 0.25) is 5.91 Å². The van der Waals surface area contributed by atoms with Crippen LogP contribution in [0, 0.1) is 0 Å². The number of amides is 2. The third-order valence-corrected chi connectivity index (χ3v) is 4.89. The van der Waals surface area contributed by atoms with Crippen molar-refractivity contribution < 1.29 is 14.5 Å². The SMILES string of the molecule is CC[C@H]1CCCC[NH+]1[C@@H]1CC(=O)N(c2ccccc2)C1=O. The fourth-order valence-corrected chi connectivity index (χ4v) is 3.80. The van der Waals surface area contributed by atoms with Crippen LogP contribution in [0.3, 0.4) is 0 Å². The lowest BCUT2D eigenvalue weighted by atomic mass is 9.97. The molecule has 0 spiro atoms. The van der Waals surface area contributed by atoms with Crippen molar-refractivity contribution in [3.63, 3.8) is 0 Å². The lowest BCUT2D eigenvalue weighted by molar-refractivity contribution is -0.944. The second-order valence-corrected chi connectivity index (χ2v) is 6.09. The Kier molecular flexibility index (Phi) is 4.06. The monoisotopic (exact) mass is 287 g/mol. The average molecular weight is 287 g/mol.